The van der Waals surface area contributed by atoms with Crippen LogP contribution >= 0.6 is 0 Å². The van der Waals surface area contributed by atoms with Gasteiger partial charge < -0.3 is 5.32 Å². The predicted octanol–water partition coefficient (Wildman–Crippen LogP) is 3.02. The fourth-order valence-corrected chi connectivity index (χ4v) is 3.51. The molecule has 1 N–H and O–H groups in total. The molecule has 0 aliphatic carbocycles. The van der Waals surface area contributed by atoms with Crippen molar-refractivity contribution in [3.8, 4) is 0 Å². The van der Waals surface area contributed by atoms with Crippen LogP contribution in [-0.2, 0) is 0 Å². The van der Waals surface area contributed by atoms with Crippen molar-refractivity contribution in [1.29, 1.82) is 0 Å². The van der Waals surface area contributed by atoms with Crippen LogP contribution in [0.3, 0.4) is 0 Å². The first-order valence-electron chi connectivity index (χ1n) is 7.01. The molecule has 2 heteroatoms. The third-order valence-corrected chi connectivity index (χ3v) is 4.71. The lowest BCUT2D eigenvalue weighted by molar-refractivity contribution is 0.0875. The van der Waals surface area contributed by atoms with Crippen LogP contribution in [0, 0.1) is 19.8 Å². The van der Waals surface area contributed by atoms with Crippen LogP contribution in [0.25, 0.3) is 0 Å². The second-order valence-electron chi connectivity index (χ2n) is 5.92. The van der Waals surface area contributed by atoms with E-state index in [-0.39, 0.29) is 5.92 Å². The van der Waals surface area contributed by atoms with Gasteiger partial charge in [0.1, 0.15) is 0 Å². The van der Waals surface area contributed by atoms with Gasteiger partial charge in [0.15, 0.2) is 5.78 Å². The summed E-state index contributed by atoms with van der Waals surface area (Å²) in [4.78, 5) is 12.7. The second-order valence-corrected chi connectivity index (χ2v) is 5.92. The van der Waals surface area contributed by atoms with Gasteiger partial charge in [-0.1, -0.05) is 18.2 Å². The third kappa shape index (κ3) is 1.99. The summed E-state index contributed by atoms with van der Waals surface area (Å²) < 4.78 is 0. The molecule has 2 atom stereocenters. The van der Waals surface area contributed by atoms with Crippen molar-refractivity contribution in [3.05, 3.63) is 34.9 Å². The maximum atomic E-state index is 12.7. The maximum Gasteiger partial charge on any atom is 0.166 e. The van der Waals surface area contributed by atoms with E-state index in [4.69, 9.17) is 0 Å². The molecule has 2 heterocycles. The number of nitrogens with one attached hydrogen (secondary N) is 1. The Labute approximate surface area is 109 Å². The van der Waals surface area contributed by atoms with Gasteiger partial charge in [-0.15, -0.1) is 0 Å². The first-order valence-corrected chi connectivity index (χ1v) is 7.01. The van der Waals surface area contributed by atoms with E-state index in [1.165, 1.54) is 18.4 Å². The molecule has 3 rings (SSSR count). The summed E-state index contributed by atoms with van der Waals surface area (Å²) in [6, 6.07) is 7.25. The molecule has 2 aliphatic rings. The third-order valence-electron chi connectivity index (χ3n) is 4.71. The van der Waals surface area contributed by atoms with E-state index in [1.807, 2.05) is 12.1 Å². The molecule has 2 bridgehead atoms. The molecule has 2 unspecified atom stereocenters. The van der Waals surface area contributed by atoms with Gasteiger partial charge in [-0.05, 0) is 50.7 Å². The summed E-state index contributed by atoms with van der Waals surface area (Å²) in [5.41, 5.74) is 3.33. The van der Waals surface area contributed by atoms with Crippen molar-refractivity contribution in [3.63, 3.8) is 0 Å². The average Bonchev–Trinajstić information content (AvgIpc) is 2.71. The smallest absolute Gasteiger partial charge is 0.166 e. The highest BCUT2D eigenvalue weighted by Gasteiger charge is 2.37. The molecule has 96 valence electrons. The lowest BCUT2D eigenvalue weighted by Crippen LogP contribution is -2.40. The van der Waals surface area contributed by atoms with Gasteiger partial charge in [-0.2, -0.15) is 0 Å². The first-order chi connectivity index (χ1) is 8.65. The van der Waals surface area contributed by atoms with Crippen molar-refractivity contribution >= 4 is 5.78 Å². The molecule has 2 fully saturated rings. The SMILES string of the molecule is Cc1cccc(C(=O)C2CC3CCC(C2)N3)c1C. The number of fused-ring (bicyclic) bond motifs is 2. The molecular formula is C16H21NO. The highest BCUT2D eigenvalue weighted by atomic mass is 16.1. The van der Waals surface area contributed by atoms with E-state index in [9.17, 15) is 4.79 Å². The topological polar surface area (TPSA) is 29.1 Å². The number of carbonyl (C=O) groups excluding carboxylic acids is 1. The van der Waals surface area contributed by atoms with Crippen LogP contribution in [0.5, 0.6) is 0 Å². The summed E-state index contributed by atoms with van der Waals surface area (Å²) in [6.07, 6.45) is 4.56. The van der Waals surface area contributed by atoms with Gasteiger partial charge in [0, 0.05) is 23.6 Å². The van der Waals surface area contributed by atoms with Crippen LogP contribution in [0.2, 0.25) is 0 Å². The number of hydrogen-bond donors (Lipinski definition) is 1. The van der Waals surface area contributed by atoms with E-state index in [1.54, 1.807) is 0 Å². The molecule has 18 heavy (non-hydrogen) atoms. The number of carbonyl (C=O) groups is 1. The molecular weight excluding hydrogens is 222 g/mol. The molecule has 1 aromatic carbocycles. The fourth-order valence-electron chi connectivity index (χ4n) is 3.51. The standard InChI is InChI=1S/C16H21NO/c1-10-4-3-5-15(11(10)2)16(18)12-8-13-6-7-14(9-12)17-13/h3-5,12-14,17H,6-9H2,1-2H3. The maximum absolute atomic E-state index is 12.7. The highest BCUT2D eigenvalue weighted by Crippen LogP contribution is 2.33. The molecule has 0 amide bonds. The molecule has 1 aromatic rings. The van der Waals surface area contributed by atoms with E-state index in [0.29, 0.717) is 17.9 Å². The zero-order valence-electron chi connectivity index (χ0n) is 11.2. The number of Topliss-reactive ketones (excluding diaryl/α,β-unsaturated/α-hetero) is 1. The Bertz CT molecular complexity index is 468. The monoisotopic (exact) mass is 243 g/mol. The molecule has 0 radical (unpaired) electrons. The van der Waals surface area contributed by atoms with Gasteiger partial charge >= 0.3 is 0 Å². The Hall–Kier alpha value is -1.15. The molecule has 0 aromatic heterocycles. The van der Waals surface area contributed by atoms with Gasteiger partial charge in [-0.3, -0.25) is 4.79 Å². The number of rotatable bonds is 2. The number of aryl methyl sites for hydroxylation is 1. The minimum Gasteiger partial charge on any atom is -0.311 e. The van der Waals surface area contributed by atoms with Crippen molar-refractivity contribution in [2.75, 3.05) is 0 Å². The van der Waals surface area contributed by atoms with E-state index >= 15 is 0 Å². The predicted molar refractivity (Wildman–Crippen MR) is 72.9 cm³/mol. The lowest BCUT2D eigenvalue weighted by Gasteiger charge is -2.28. The van der Waals surface area contributed by atoms with E-state index in [0.717, 1.165) is 24.0 Å². The van der Waals surface area contributed by atoms with Crippen LogP contribution in [0.4, 0.5) is 0 Å². The molecule has 0 spiro atoms. The molecule has 2 saturated heterocycles. The molecule has 2 nitrogen and oxygen atoms in total. The zero-order valence-corrected chi connectivity index (χ0v) is 11.2. The van der Waals surface area contributed by atoms with Gasteiger partial charge in [0.05, 0.1) is 0 Å². The fraction of sp³-hybridized carbons (Fsp3) is 0.562. The Kier molecular flexibility index (Phi) is 2.98. The average molecular weight is 243 g/mol. The Morgan fingerprint density at radius 2 is 1.83 bits per heavy atom. The van der Waals surface area contributed by atoms with Gasteiger partial charge in [0.2, 0.25) is 0 Å². The zero-order chi connectivity index (χ0) is 12.7. The second kappa shape index (κ2) is 4.51. The number of benzene rings is 1. The molecule has 0 saturated carbocycles. The number of piperidine rings is 1. The first kappa shape index (κ1) is 11.9. The normalized spacial score (nSPS) is 30.4. The summed E-state index contributed by atoms with van der Waals surface area (Å²) in [6.45, 7) is 4.15. The van der Waals surface area contributed by atoms with Crippen LogP contribution in [0.15, 0.2) is 18.2 Å². The van der Waals surface area contributed by atoms with Gasteiger partial charge in [-0.25, -0.2) is 0 Å². The van der Waals surface area contributed by atoms with Crippen LogP contribution < -0.4 is 5.32 Å². The van der Waals surface area contributed by atoms with E-state index in [2.05, 4.69) is 25.2 Å². The quantitative estimate of drug-likeness (QED) is 0.809. The van der Waals surface area contributed by atoms with Crippen molar-refractivity contribution < 1.29 is 4.79 Å². The number of hydrogen-bond acceptors (Lipinski definition) is 2. The minimum absolute atomic E-state index is 0.240. The van der Waals surface area contributed by atoms with Crippen molar-refractivity contribution in [2.24, 2.45) is 5.92 Å². The van der Waals surface area contributed by atoms with Gasteiger partial charge in [0.25, 0.3) is 0 Å². The van der Waals surface area contributed by atoms with Crippen LogP contribution in [0.1, 0.15) is 47.2 Å². The molecule has 2 aliphatic heterocycles. The Balaban J connectivity index is 1.84. The minimum atomic E-state index is 0.240. The summed E-state index contributed by atoms with van der Waals surface area (Å²) in [5, 5.41) is 3.60. The number of ketones is 1. The summed E-state index contributed by atoms with van der Waals surface area (Å²) >= 11 is 0. The van der Waals surface area contributed by atoms with Crippen molar-refractivity contribution in [1.82, 2.24) is 5.32 Å². The summed E-state index contributed by atoms with van der Waals surface area (Å²) in [7, 11) is 0. The Morgan fingerprint density at radius 1 is 1.17 bits per heavy atom. The largest absolute Gasteiger partial charge is 0.311 e. The van der Waals surface area contributed by atoms with Crippen LogP contribution in [-0.4, -0.2) is 17.9 Å². The van der Waals surface area contributed by atoms with E-state index < -0.39 is 0 Å². The lowest BCUT2D eigenvalue weighted by atomic mass is 9.84. The summed E-state index contributed by atoms with van der Waals surface area (Å²) in [5.74, 6) is 0.610. The Morgan fingerprint density at radius 3 is 2.50 bits per heavy atom. The van der Waals surface area contributed by atoms with Crippen molar-refractivity contribution in [2.45, 2.75) is 51.6 Å². The highest BCUT2D eigenvalue weighted by molar-refractivity contribution is 5.99.